The zero-order valence-corrected chi connectivity index (χ0v) is 6.48. The van der Waals surface area contributed by atoms with E-state index in [1.165, 1.54) is 0 Å². The molecule has 11 heavy (non-hydrogen) atoms. The minimum absolute atomic E-state index is 0.282. The Morgan fingerprint density at radius 2 is 2.27 bits per heavy atom. The van der Waals surface area contributed by atoms with Crippen LogP contribution in [-0.2, 0) is 23.7 Å². The fraction of sp³-hybridized carbons (Fsp3) is 0.500. The van der Waals surface area contributed by atoms with Crippen molar-refractivity contribution in [2.45, 2.75) is 6.42 Å². The summed E-state index contributed by atoms with van der Waals surface area (Å²) in [5, 5.41) is 0. The van der Waals surface area contributed by atoms with Gasteiger partial charge in [-0.2, -0.15) is 4.67 Å². The van der Waals surface area contributed by atoms with Crippen LogP contribution in [-0.4, -0.2) is 23.6 Å². The molecule has 0 aromatic heterocycles. The van der Waals surface area contributed by atoms with Crippen LogP contribution in [0.2, 0.25) is 0 Å². The fourth-order valence-electron chi connectivity index (χ4n) is 0.297. The molecule has 0 radical (unpaired) electrons. The quantitative estimate of drug-likeness (QED) is 0.195. The topological polar surface area (TPSA) is 89.9 Å². The minimum atomic E-state index is -3.16. The molecule has 0 rings (SSSR count). The van der Waals surface area contributed by atoms with E-state index in [4.69, 9.17) is 4.89 Å². The molecule has 0 amide bonds. The summed E-state index contributed by atoms with van der Waals surface area (Å²) in [4.78, 5) is 32.1. The van der Waals surface area contributed by atoms with Crippen molar-refractivity contribution in [3.05, 3.63) is 0 Å². The van der Waals surface area contributed by atoms with Gasteiger partial charge in [0, 0.05) is 0 Å². The third kappa shape index (κ3) is 7.35. The Kier molecular flexibility index (Phi) is 5.87. The molecular formula is C4H7O6P. The Labute approximate surface area is 63.0 Å². The molecule has 0 spiro atoms. The summed E-state index contributed by atoms with van der Waals surface area (Å²) < 4.78 is 13.5. The summed E-state index contributed by atoms with van der Waals surface area (Å²) >= 11 is 0. The number of hydrogen-bond donors (Lipinski definition) is 1. The molecule has 6 nitrogen and oxygen atoms in total. The molecule has 0 aliphatic carbocycles. The average molecular weight is 182 g/mol. The SMILES string of the molecule is O=CCC(=O)COO[PH](=O)O. The van der Waals surface area contributed by atoms with Crippen LogP contribution < -0.4 is 0 Å². The molecule has 7 heteroatoms. The fourth-order valence-corrected chi connectivity index (χ4v) is 0.457. The average Bonchev–Trinajstić information content (AvgIpc) is 1.87. The van der Waals surface area contributed by atoms with Crippen molar-refractivity contribution in [2.24, 2.45) is 0 Å². The van der Waals surface area contributed by atoms with E-state index in [9.17, 15) is 14.2 Å². The Morgan fingerprint density at radius 3 is 2.73 bits per heavy atom. The monoisotopic (exact) mass is 182 g/mol. The van der Waals surface area contributed by atoms with Gasteiger partial charge in [0.1, 0.15) is 12.9 Å². The van der Waals surface area contributed by atoms with E-state index >= 15 is 0 Å². The van der Waals surface area contributed by atoms with Crippen LogP contribution in [0, 0.1) is 0 Å². The van der Waals surface area contributed by atoms with Gasteiger partial charge >= 0.3 is 8.25 Å². The number of carbonyl (C=O) groups excluding carboxylic acids is 2. The maximum absolute atomic E-state index is 10.4. The molecule has 0 aromatic carbocycles. The van der Waals surface area contributed by atoms with Crippen LogP contribution >= 0.6 is 8.25 Å². The molecule has 1 unspecified atom stereocenters. The largest absolute Gasteiger partial charge is 0.344 e. The first-order valence-corrected chi connectivity index (χ1v) is 3.91. The number of aldehydes is 1. The Morgan fingerprint density at radius 1 is 1.64 bits per heavy atom. The van der Waals surface area contributed by atoms with E-state index < -0.39 is 20.6 Å². The number of hydrogen-bond acceptors (Lipinski definition) is 5. The van der Waals surface area contributed by atoms with Crippen LogP contribution in [0.15, 0.2) is 0 Å². The van der Waals surface area contributed by atoms with Crippen LogP contribution in [0.25, 0.3) is 0 Å². The van der Waals surface area contributed by atoms with Crippen molar-refractivity contribution in [2.75, 3.05) is 6.61 Å². The summed E-state index contributed by atoms with van der Waals surface area (Å²) in [6, 6.07) is 0. The summed E-state index contributed by atoms with van der Waals surface area (Å²) in [5.41, 5.74) is 0. The predicted octanol–water partition coefficient (Wildman–Crippen LogP) is -0.525. The molecule has 1 atom stereocenters. The third-order valence-electron chi connectivity index (χ3n) is 0.661. The molecular weight excluding hydrogens is 175 g/mol. The van der Waals surface area contributed by atoms with Crippen molar-refractivity contribution in [1.29, 1.82) is 0 Å². The summed E-state index contributed by atoms with van der Waals surface area (Å²) in [6.45, 7) is -0.490. The number of rotatable bonds is 6. The highest BCUT2D eigenvalue weighted by Crippen LogP contribution is 2.13. The Hall–Kier alpha value is -0.550. The first-order valence-electron chi connectivity index (χ1n) is 2.64. The maximum Gasteiger partial charge on any atom is 0.344 e. The highest BCUT2D eigenvalue weighted by molar-refractivity contribution is 7.31. The molecule has 0 aromatic rings. The van der Waals surface area contributed by atoms with Crippen LogP contribution in [0.4, 0.5) is 0 Å². The first kappa shape index (κ1) is 10.4. The lowest BCUT2D eigenvalue weighted by Gasteiger charge is -1.96. The van der Waals surface area contributed by atoms with Gasteiger partial charge in [-0.1, -0.05) is 0 Å². The van der Waals surface area contributed by atoms with Crippen molar-refractivity contribution in [1.82, 2.24) is 0 Å². The summed E-state index contributed by atoms with van der Waals surface area (Å²) in [5.74, 6) is -0.511. The molecule has 0 bridgehead atoms. The van der Waals surface area contributed by atoms with Gasteiger partial charge in [0.15, 0.2) is 5.78 Å². The van der Waals surface area contributed by atoms with Crippen LogP contribution in [0.1, 0.15) is 6.42 Å². The van der Waals surface area contributed by atoms with E-state index in [1.807, 2.05) is 0 Å². The molecule has 64 valence electrons. The van der Waals surface area contributed by atoms with Gasteiger partial charge in [-0.05, 0) is 0 Å². The molecule has 0 saturated carbocycles. The van der Waals surface area contributed by atoms with Crippen molar-refractivity contribution in [3.8, 4) is 0 Å². The van der Waals surface area contributed by atoms with E-state index in [1.54, 1.807) is 0 Å². The molecule has 0 aliphatic rings. The van der Waals surface area contributed by atoms with Gasteiger partial charge in [0.2, 0.25) is 0 Å². The molecule has 1 N–H and O–H groups in total. The molecule has 0 aliphatic heterocycles. The Balaban J connectivity index is 3.31. The highest BCUT2D eigenvalue weighted by atomic mass is 31.1. The lowest BCUT2D eigenvalue weighted by molar-refractivity contribution is -0.206. The van der Waals surface area contributed by atoms with Crippen LogP contribution in [0.5, 0.6) is 0 Å². The molecule has 0 fully saturated rings. The second-order valence-corrected chi connectivity index (χ2v) is 2.22. The minimum Gasteiger partial charge on any atom is -0.325 e. The van der Waals surface area contributed by atoms with Gasteiger partial charge in [0.25, 0.3) is 0 Å². The van der Waals surface area contributed by atoms with E-state index in [2.05, 4.69) is 9.56 Å². The van der Waals surface area contributed by atoms with E-state index in [-0.39, 0.29) is 6.42 Å². The van der Waals surface area contributed by atoms with Crippen molar-refractivity contribution < 1.29 is 28.6 Å². The van der Waals surface area contributed by atoms with Crippen molar-refractivity contribution in [3.63, 3.8) is 0 Å². The Bertz CT molecular complexity index is 166. The zero-order valence-electron chi connectivity index (χ0n) is 5.48. The van der Waals surface area contributed by atoms with Crippen molar-refractivity contribution >= 4 is 20.3 Å². The molecule has 0 saturated heterocycles. The lowest BCUT2D eigenvalue weighted by Crippen LogP contribution is -2.07. The summed E-state index contributed by atoms with van der Waals surface area (Å²) in [7, 11) is -3.16. The van der Waals surface area contributed by atoms with Gasteiger partial charge < -0.3 is 9.69 Å². The highest BCUT2D eigenvalue weighted by Gasteiger charge is 2.01. The lowest BCUT2D eigenvalue weighted by atomic mass is 10.3. The zero-order chi connectivity index (χ0) is 8.69. The predicted molar refractivity (Wildman–Crippen MR) is 33.9 cm³/mol. The number of carbonyl (C=O) groups is 2. The van der Waals surface area contributed by atoms with Gasteiger partial charge in [-0.15, -0.1) is 0 Å². The van der Waals surface area contributed by atoms with E-state index in [0.717, 1.165) is 0 Å². The van der Waals surface area contributed by atoms with Crippen LogP contribution in [0.3, 0.4) is 0 Å². The van der Waals surface area contributed by atoms with Gasteiger partial charge in [-0.25, -0.2) is 4.89 Å². The van der Waals surface area contributed by atoms with Gasteiger partial charge in [-0.3, -0.25) is 9.36 Å². The van der Waals surface area contributed by atoms with E-state index in [0.29, 0.717) is 6.29 Å². The number of ketones is 1. The maximum atomic E-state index is 10.4. The standard InChI is InChI=1S/C4H7O6P/c5-2-1-4(6)3-9-10-11(7)8/h2,11H,1,3H2,(H,7,8). The smallest absolute Gasteiger partial charge is 0.325 e. The second-order valence-electron chi connectivity index (χ2n) is 1.52. The second kappa shape index (κ2) is 6.18. The molecule has 0 heterocycles. The normalized spacial score (nSPS) is 12.5. The first-order chi connectivity index (χ1) is 5.16. The summed E-state index contributed by atoms with van der Waals surface area (Å²) in [6.07, 6.45) is 0.128. The number of Topliss-reactive ketones (excluding diaryl/α,β-unsaturated/α-hetero) is 1. The third-order valence-corrected chi connectivity index (χ3v) is 0.922. The van der Waals surface area contributed by atoms with Gasteiger partial charge in [0.05, 0.1) is 6.42 Å².